The van der Waals surface area contributed by atoms with Crippen LogP contribution in [0.25, 0.3) is 0 Å². The number of amides is 2. The number of likely N-dealkylation sites (tertiary alicyclic amines) is 3. The van der Waals surface area contributed by atoms with Crippen molar-refractivity contribution < 1.29 is 9.59 Å². The SMILES string of the molecule is CN1[C@H]2CCCC[C@H]3N(C(=O)CN4CCCCCC4=O)[C@H](Cc4ccccc4)[C@@H]1C[C@@]23C. The van der Waals surface area contributed by atoms with Crippen LogP contribution in [-0.2, 0) is 16.0 Å². The lowest BCUT2D eigenvalue weighted by Crippen LogP contribution is -2.63. The number of benzene rings is 1. The van der Waals surface area contributed by atoms with Crippen molar-refractivity contribution in [2.45, 2.75) is 95.3 Å². The van der Waals surface area contributed by atoms with Crippen LogP contribution >= 0.6 is 0 Å². The van der Waals surface area contributed by atoms with E-state index >= 15 is 0 Å². The van der Waals surface area contributed by atoms with E-state index in [1.807, 2.05) is 4.90 Å². The second-order valence-electron chi connectivity index (χ2n) is 10.9. The zero-order valence-corrected chi connectivity index (χ0v) is 19.8. The summed E-state index contributed by atoms with van der Waals surface area (Å²) in [6.45, 7) is 3.44. The topological polar surface area (TPSA) is 43.9 Å². The molecule has 32 heavy (non-hydrogen) atoms. The molecule has 1 saturated carbocycles. The highest BCUT2D eigenvalue weighted by Gasteiger charge is 2.61. The van der Waals surface area contributed by atoms with Crippen LogP contribution < -0.4 is 0 Å². The second kappa shape index (κ2) is 8.81. The van der Waals surface area contributed by atoms with E-state index in [0.717, 1.165) is 38.6 Å². The number of fused-ring (bicyclic) bond motifs is 1. The second-order valence-corrected chi connectivity index (χ2v) is 10.9. The van der Waals surface area contributed by atoms with E-state index in [0.29, 0.717) is 18.5 Å². The van der Waals surface area contributed by atoms with Crippen LogP contribution in [0.3, 0.4) is 0 Å². The van der Waals surface area contributed by atoms with E-state index in [1.54, 1.807) is 0 Å². The Morgan fingerprint density at radius 3 is 2.56 bits per heavy atom. The fourth-order valence-corrected chi connectivity index (χ4v) is 7.50. The van der Waals surface area contributed by atoms with Gasteiger partial charge in [0.15, 0.2) is 0 Å². The zero-order valence-electron chi connectivity index (χ0n) is 19.8. The molecule has 0 unspecified atom stereocenters. The maximum atomic E-state index is 14.0. The van der Waals surface area contributed by atoms with Gasteiger partial charge < -0.3 is 9.80 Å². The van der Waals surface area contributed by atoms with Gasteiger partial charge in [0, 0.05) is 36.5 Å². The summed E-state index contributed by atoms with van der Waals surface area (Å²) < 4.78 is 0. The molecule has 1 aromatic carbocycles. The van der Waals surface area contributed by atoms with E-state index in [4.69, 9.17) is 0 Å². The molecule has 2 bridgehead atoms. The molecule has 0 spiro atoms. The Morgan fingerprint density at radius 2 is 1.78 bits per heavy atom. The molecule has 174 valence electrons. The molecule has 0 aromatic heterocycles. The Bertz CT molecular complexity index is 843. The fourth-order valence-electron chi connectivity index (χ4n) is 7.50. The zero-order chi connectivity index (χ0) is 22.3. The first-order valence-corrected chi connectivity index (χ1v) is 12.8. The quantitative estimate of drug-likeness (QED) is 0.718. The molecule has 5 rings (SSSR count). The summed E-state index contributed by atoms with van der Waals surface area (Å²) in [6, 6.07) is 12.1. The number of carbonyl (C=O) groups excluding carboxylic acids is 2. The molecule has 5 atom stereocenters. The van der Waals surface area contributed by atoms with Crippen LogP contribution in [0.5, 0.6) is 0 Å². The highest BCUT2D eigenvalue weighted by atomic mass is 16.2. The summed E-state index contributed by atoms with van der Waals surface area (Å²) in [6.07, 6.45) is 10.5. The summed E-state index contributed by atoms with van der Waals surface area (Å²) in [4.78, 5) is 33.5. The lowest BCUT2D eigenvalue weighted by atomic mass is 9.69. The maximum absolute atomic E-state index is 14.0. The van der Waals surface area contributed by atoms with Gasteiger partial charge >= 0.3 is 0 Å². The van der Waals surface area contributed by atoms with Crippen LogP contribution in [0.4, 0.5) is 0 Å². The number of nitrogens with zero attached hydrogens (tertiary/aromatic N) is 3. The average molecular weight is 438 g/mol. The van der Waals surface area contributed by atoms with Crippen molar-refractivity contribution >= 4 is 11.8 Å². The van der Waals surface area contributed by atoms with Crippen molar-refractivity contribution in [3.63, 3.8) is 0 Å². The lowest BCUT2D eigenvalue weighted by Gasteiger charge is -2.51. The molecule has 1 aromatic rings. The fraction of sp³-hybridized carbons (Fsp3) is 0.704. The van der Waals surface area contributed by atoms with E-state index < -0.39 is 0 Å². The first-order valence-electron chi connectivity index (χ1n) is 12.8. The molecule has 3 aliphatic heterocycles. The molecule has 5 nitrogen and oxygen atoms in total. The number of piperidine rings is 1. The van der Waals surface area contributed by atoms with Gasteiger partial charge in [-0.1, -0.05) is 56.5 Å². The molecule has 4 fully saturated rings. The first kappa shape index (κ1) is 21.9. The van der Waals surface area contributed by atoms with Gasteiger partial charge in [0.1, 0.15) is 0 Å². The van der Waals surface area contributed by atoms with Gasteiger partial charge in [-0.3, -0.25) is 14.5 Å². The molecular weight excluding hydrogens is 398 g/mol. The van der Waals surface area contributed by atoms with Gasteiger partial charge in [-0.05, 0) is 51.1 Å². The predicted octanol–water partition coefficient (Wildman–Crippen LogP) is 3.86. The van der Waals surface area contributed by atoms with Gasteiger partial charge in [0.2, 0.25) is 11.8 Å². The van der Waals surface area contributed by atoms with E-state index in [1.165, 1.54) is 31.2 Å². The number of rotatable bonds is 4. The van der Waals surface area contributed by atoms with Crippen LogP contribution in [0.15, 0.2) is 30.3 Å². The molecule has 2 amide bonds. The van der Waals surface area contributed by atoms with Crippen LogP contribution in [0.2, 0.25) is 0 Å². The first-order chi connectivity index (χ1) is 15.5. The Labute approximate surface area is 193 Å². The third kappa shape index (κ3) is 3.76. The van der Waals surface area contributed by atoms with Crippen LogP contribution in [0, 0.1) is 5.41 Å². The number of likely N-dealkylation sites (N-methyl/N-ethyl adjacent to an activating group) is 1. The van der Waals surface area contributed by atoms with Gasteiger partial charge in [-0.25, -0.2) is 0 Å². The van der Waals surface area contributed by atoms with Gasteiger partial charge in [0.05, 0.1) is 12.6 Å². The highest BCUT2D eigenvalue weighted by molar-refractivity contribution is 5.85. The summed E-state index contributed by atoms with van der Waals surface area (Å²) in [5, 5.41) is 0. The molecular formula is C27H39N3O2. The van der Waals surface area contributed by atoms with Gasteiger partial charge in [0.25, 0.3) is 0 Å². The van der Waals surface area contributed by atoms with E-state index in [2.05, 4.69) is 54.1 Å². The molecule has 3 heterocycles. The molecule has 0 radical (unpaired) electrons. The Hall–Kier alpha value is -1.88. The Balaban J connectivity index is 1.48. The summed E-state index contributed by atoms with van der Waals surface area (Å²) >= 11 is 0. The summed E-state index contributed by atoms with van der Waals surface area (Å²) in [7, 11) is 2.30. The van der Waals surface area contributed by atoms with Crippen LogP contribution in [0.1, 0.15) is 70.3 Å². The van der Waals surface area contributed by atoms with Gasteiger partial charge in [-0.2, -0.15) is 0 Å². The summed E-state index contributed by atoms with van der Waals surface area (Å²) in [5.41, 5.74) is 1.46. The van der Waals surface area contributed by atoms with Crippen molar-refractivity contribution in [2.75, 3.05) is 20.1 Å². The van der Waals surface area contributed by atoms with Crippen LogP contribution in [-0.4, -0.2) is 70.8 Å². The predicted molar refractivity (Wildman–Crippen MR) is 126 cm³/mol. The van der Waals surface area contributed by atoms with Gasteiger partial charge in [-0.15, -0.1) is 0 Å². The number of hydrogen-bond acceptors (Lipinski definition) is 3. The largest absolute Gasteiger partial charge is 0.333 e. The lowest BCUT2D eigenvalue weighted by molar-refractivity contribution is -0.148. The molecule has 5 heteroatoms. The highest BCUT2D eigenvalue weighted by Crippen LogP contribution is 2.55. The normalized spacial score (nSPS) is 35.5. The number of hydrogen-bond donors (Lipinski definition) is 0. The molecule has 4 aliphatic rings. The molecule has 1 aliphatic carbocycles. The monoisotopic (exact) mass is 437 g/mol. The van der Waals surface area contributed by atoms with Crippen molar-refractivity contribution in [3.8, 4) is 0 Å². The third-order valence-electron chi connectivity index (χ3n) is 9.10. The average Bonchev–Trinajstić information content (AvgIpc) is 2.95. The molecule has 3 saturated heterocycles. The maximum Gasteiger partial charge on any atom is 0.242 e. The molecule has 0 N–H and O–H groups in total. The van der Waals surface area contributed by atoms with Crippen molar-refractivity contribution in [2.24, 2.45) is 5.41 Å². The smallest absolute Gasteiger partial charge is 0.242 e. The van der Waals surface area contributed by atoms with Crippen molar-refractivity contribution in [1.29, 1.82) is 0 Å². The minimum absolute atomic E-state index is 0.154. The minimum Gasteiger partial charge on any atom is -0.333 e. The van der Waals surface area contributed by atoms with Crippen molar-refractivity contribution in [1.82, 2.24) is 14.7 Å². The summed E-state index contributed by atoms with van der Waals surface area (Å²) in [5.74, 6) is 0.343. The third-order valence-corrected chi connectivity index (χ3v) is 9.10. The van der Waals surface area contributed by atoms with E-state index in [-0.39, 0.29) is 35.9 Å². The Morgan fingerprint density at radius 1 is 1.03 bits per heavy atom. The number of carbonyl (C=O) groups is 2. The standard InChI is InChI=1S/C27H39N3O2/c1-27-18-22-21(17-20-11-5-3-6-12-20)30(24(27)14-9-8-13-23(27)28(22)2)26(32)19-29-16-10-4-7-15-25(29)31/h3,5-6,11-12,21-24H,4,7-10,13-19H2,1-2H3/t21-,22+,23+,24-,27+/m1/s1. The Kier molecular flexibility index (Phi) is 6.04. The van der Waals surface area contributed by atoms with E-state index in [9.17, 15) is 9.59 Å². The minimum atomic E-state index is 0.154. The van der Waals surface area contributed by atoms with Crippen molar-refractivity contribution in [3.05, 3.63) is 35.9 Å².